The molecule has 2 N–H and O–H groups in total. The van der Waals surface area contributed by atoms with Crippen LogP contribution in [0.3, 0.4) is 0 Å². The Labute approximate surface area is 98.5 Å². The maximum atomic E-state index is 8.88. The Morgan fingerprint density at radius 3 is 2.88 bits per heavy atom. The fraction of sp³-hybridized carbons (Fsp3) is 0.0833. The number of hydrogen-bond acceptors (Lipinski definition) is 5. The van der Waals surface area contributed by atoms with E-state index < -0.39 is 0 Å². The van der Waals surface area contributed by atoms with Crippen molar-refractivity contribution in [3.63, 3.8) is 0 Å². The topological polar surface area (TPSA) is 84.8 Å². The predicted molar refractivity (Wildman–Crippen MR) is 62.4 cm³/mol. The van der Waals surface area contributed by atoms with Gasteiger partial charge in [-0.25, -0.2) is 0 Å². The molecule has 0 saturated carbocycles. The molecule has 1 aromatic carbocycles. The molecule has 2 aromatic rings. The first kappa shape index (κ1) is 10.9. The highest BCUT2D eigenvalue weighted by Crippen LogP contribution is 2.24. The number of rotatable bonds is 2. The Kier molecular flexibility index (Phi) is 2.88. The number of ether oxygens (including phenoxy) is 1. The number of anilines is 1. The fourth-order valence-corrected chi connectivity index (χ4v) is 1.30. The molecule has 0 atom stereocenters. The molecule has 0 saturated heterocycles. The molecular weight excluding hydrogens is 216 g/mol. The Morgan fingerprint density at radius 2 is 2.18 bits per heavy atom. The average Bonchev–Trinajstić information content (AvgIpc) is 2.34. The zero-order valence-corrected chi connectivity index (χ0v) is 9.21. The van der Waals surface area contributed by atoms with Gasteiger partial charge in [0.15, 0.2) is 0 Å². The van der Waals surface area contributed by atoms with Crippen molar-refractivity contribution in [3.8, 4) is 17.7 Å². The maximum Gasteiger partial charge on any atom is 0.256 e. The van der Waals surface area contributed by atoms with Crippen LogP contribution in [0.5, 0.6) is 11.6 Å². The molecule has 2 rings (SSSR count). The molecule has 17 heavy (non-hydrogen) atoms. The van der Waals surface area contributed by atoms with Crippen molar-refractivity contribution >= 4 is 5.69 Å². The number of benzene rings is 1. The molecule has 0 unspecified atom stereocenters. The number of nitriles is 1. The molecule has 84 valence electrons. The van der Waals surface area contributed by atoms with E-state index in [0.29, 0.717) is 17.0 Å². The number of nitrogens with two attached hydrogens (primary N) is 1. The van der Waals surface area contributed by atoms with Crippen LogP contribution < -0.4 is 10.5 Å². The van der Waals surface area contributed by atoms with E-state index in [0.717, 1.165) is 5.56 Å². The minimum absolute atomic E-state index is 0.194. The third-order valence-electron chi connectivity index (χ3n) is 2.26. The van der Waals surface area contributed by atoms with Crippen molar-refractivity contribution in [1.82, 2.24) is 10.2 Å². The van der Waals surface area contributed by atoms with Gasteiger partial charge in [-0.2, -0.15) is 10.4 Å². The molecule has 5 heteroatoms. The van der Waals surface area contributed by atoms with Gasteiger partial charge in [-0.3, -0.25) is 0 Å². The highest BCUT2D eigenvalue weighted by Gasteiger charge is 2.06. The van der Waals surface area contributed by atoms with Crippen molar-refractivity contribution in [2.24, 2.45) is 0 Å². The number of aryl methyl sites for hydroxylation is 1. The Hall–Kier alpha value is -2.61. The standard InChI is InChI=1S/C12H10N4O/c1-8-6-10(2-3-11(8)14)17-12-9(7-13)4-5-15-16-12/h2-6H,14H2,1H3. The lowest BCUT2D eigenvalue weighted by Gasteiger charge is -2.07. The van der Waals surface area contributed by atoms with Crippen LogP contribution >= 0.6 is 0 Å². The van der Waals surface area contributed by atoms with Gasteiger partial charge in [0.2, 0.25) is 0 Å². The summed E-state index contributed by atoms with van der Waals surface area (Å²) < 4.78 is 5.48. The van der Waals surface area contributed by atoms with E-state index in [2.05, 4.69) is 10.2 Å². The van der Waals surface area contributed by atoms with Gasteiger partial charge in [-0.15, -0.1) is 5.10 Å². The first-order valence-electron chi connectivity index (χ1n) is 4.96. The quantitative estimate of drug-likeness (QED) is 0.792. The van der Waals surface area contributed by atoms with Gasteiger partial charge in [0.05, 0.1) is 6.20 Å². The molecule has 0 aliphatic rings. The van der Waals surface area contributed by atoms with E-state index >= 15 is 0 Å². The summed E-state index contributed by atoms with van der Waals surface area (Å²) in [6, 6.07) is 8.78. The maximum absolute atomic E-state index is 8.88. The molecule has 0 spiro atoms. The zero-order valence-electron chi connectivity index (χ0n) is 9.21. The van der Waals surface area contributed by atoms with E-state index in [9.17, 15) is 0 Å². The molecule has 5 nitrogen and oxygen atoms in total. The molecule has 0 fully saturated rings. The summed E-state index contributed by atoms with van der Waals surface area (Å²) >= 11 is 0. The third-order valence-corrected chi connectivity index (χ3v) is 2.26. The second-order valence-electron chi connectivity index (χ2n) is 3.48. The molecular formula is C12H10N4O. The number of hydrogen-bond donors (Lipinski definition) is 1. The normalized spacial score (nSPS) is 9.65. The third kappa shape index (κ3) is 2.32. The summed E-state index contributed by atoms with van der Waals surface area (Å²) in [6.07, 6.45) is 1.44. The van der Waals surface area contributed by atoms with Crippen molar-refractivity contribution in [2.75, 3.05) is 5.73 Å². The van der Waals surface area contributed by atoms with Gasteiger partial charge in [-0.1, -0.05) is 0 Å². The molecule has 0 aliphatic heterocycles. The van der Waals surface area contributed by atoms with E-state index in [1.807, 2.05) is 13.0 Å². The Bertz CT molecular complexity index is 589. The summed E-state index contributed by atoms with van der Waals surface area (Å²) in [7, 11) is 0. The lowest BCUT2D eigenvalue weighted by molar-refractivity contribution is 0.453. The predicted octanol–water partition coefficient (Wildman–Crippen LogP) is 2.03. The van der Waals surface area contributed by atoms with Gasteiger partial charge >= 0.3 is 0 Å². The summed E-state index contributed by atoms with van der Waals surface area (Å²) in [5, 5.41) is 16.3. The lowest BCUT2D eigenvalue weighted by atomic mass is 10.2. The Balaban J connectivity index is 2.32. The van der Waals surface area contributed by atoms with Crippen LogP contribution in [-0.4, -0.2) is 10.2 Å². The van der Waals surface area contributed by atoms with Crippen LogP contribution in [0.4, 0.5) is 5.69 Å². The lowest BCUT2D eigenvalue weighted by Crippen LogP contribution is -1.95. The van der Waals surface area contributed by atoms with Crippen LogP contribution in [0.15, 0.2) is 30.5 Å². The van der Waals surface area contributed by atoms with Crippen LogP contribution in [-0.2, 0) is 0 Å². The van der Waals surface area contributed by atoms with Gasteiger partial charge in [0, 0.05) is 5.69 Å². The first-order chi connectivity index (χ1) is 8.20. The molecule has 0 amide bonds. The molecule has 1 heterocycles. The van der Waals surface area contributed by atoms with Gasteiger partial charge < -0.3 is 10.5 Å². The van der Waals surface area contributed by atoms with E-state index in [4.69, 9.17) is 15.7 Å². The highest BCUT2D eigenvalue weighted by atomic mass is 16.5. The SMILES string of the molecule is Cc1cc(Oc2nnccc2C#N)ccc1N. The summed E-state index contributed by atoms with van der Waals surface area (Å²) in [5.74, 6) is 0.771. The number of nitrogens with zero attached hydrogens (tertiary/aromatic N) is 3. The Morgan fingerprint density at radius 1 is 1.35 bits per heavy atom. The molecule has 0 aliphatic carbocycles. The minimum Gasteiger partial charge on any atom is -0.437 e. The van der Waals surface area contributed by atoms with Gasteiger partial charge in [-0.05, 0) is 36.8 Å². The minimum atomic E-state index is 0.194. The van der Waals surface area contributed by atoms with Crippen molar-refractivity contribution < 1.29 is 4.74 Å². The van der Waals surface area contributed by atoms with E-state index in [-0.39, 0.29) is 5.88 Å². The first-order valence-corrected chi connectivity index (χ1v) is 4.96. The van der Waals surface area contributed by atoms with Crippen molar-refractivity contribution in [3.05, 3.63) is 41.6 Å². The van der Waals surface area contributed by atoms with Gasteiger partial charge in [0.25, 0.3) is 5.88 Å². The second-order valence-corrected chi connectivity index (χ2v) is 3.48. The van der Waals surface area contributed by atoms with Crippen LogP contribution in [0.2, 0.25) is 0 Å². The van der Waals surface area contributed by atoms with E-state index in [1.54, 1.807) is 24.3 Å². The largest absolute Gasteiger partial charge is 0.437 e. The number of nitrogen functional groups attached to an aromatic ring is 1. The summed E-state index contributed by atoms with van der Waals surface area (Å²) in [6.45, 7) is 1.88. The van der Waals surface area contributed by atoms with Crippen molar-refractivity contribution in [2.45, 2.75) is 6.92 Å². The fourth-order valence-electron chi connectivity index (χ4n) is 1.30. The second kappa shape index (κ2) is 4.49. The van der Waals surface area contributed by atoms with Crippen molar-refractivity contribution in [1.29, 1.82) is 5.26 Å². The highest BCUT2D eigenvalue weighted by molar-refractivity contribution is 5.50. The summed E-state index contributed by atoms with van der Waals surface area (Å²) in [5.41, 5.74) is 7.64. The van der Waals surface area contributed by atoms with E-state index in [1.165, 1.54) is 6.20 Å². The van der Waals surface area contributed by atoms with Crippen LogP contribution in [0.25, 0.3) is 0 Å². The zero-order chi connectivity index (χ0) is 12.3. The molecule has 0 bridgehead atoms. The average molecular weight is 226 g/mol. The smallest absolute Gasteiger partial charge is 0.256 e. The molecule has 1 aromatic heterocycles. The van der Waals surface area contributed by atoms with Crippen LogP contribution in [0, 0.1) is 18.3 Å². The van der Waals surface area contributed by atoms with Crippen LogP contribution in [0.1, 0.15) is 11.1 Å². The monoisotopic (exact) mass is 226 g/mol. The molecule has 0 radical (unpaired) electrons. The number of aromatic nitrogens is 2. The van der Waals surface area contributed by atoms with Gasteiger partial charge in [0.1, 0.15) is 17.4 Å². The summed E-state index contributed by atoms with van der Waals surface area (Å²) in [4.78, 5) is 0.